The zero-order valence-corrected chi connectivity index (χ0v) is 23.1. The second kappa shape index (κ2) is 13.9. The van der Waals surface area contributed by atoms with Crippen molar-refractivity contribution in [1.29, 1.82) is 0 Å². The van der Waals surface area contributed by atoms with Gasteiger partial charge in [-0.1, -0.05) is 49.6 Å². The maximum Gasteiger partial charge on any atom is 0.253 e. The van der Waals surface area contributed by atoms with E-state index in [0.717, 1.165) is 96.9 Å². The van der Waals surface area contributed by atoms with Crippen molar-refractivity contribution in [1.82, 2.24) is 15.1 Å². The molecule has 2 amide bonds. The predicted molar refractivity (Wildman–Crippen MR) is 155 cm³/mol. The SMILES string of the molecule is O=C(NCCN1CCOCC1)c1cc(NC(=O)C2CCCCC2)ccc1N1CCN(Cc2ccccc2)CC1. The van der Waals surface area contributed by atoms with E-state index in [2.05, 4.69) is 55.7 Å². The van der Waals surface area contributed by atoms with Crippen LogP contribution in [0.25, 0.3) is 0 Å². The fourth-order valence-corrected chi connectivity index (χ4v) is 5.92. The Morgan fingerprint density at radius 2 is 1.59 bits per heavy atom. The van der Waals surface area contributed by atoms with Crippen LogP contribution in [0.5, 0.6) is 0 Å². The van der Waals surface area contributed by atoms with Crippen molar-refractivity contribution in [3.63, 3.8) is 0 Å². The van der Waals surface area contributed by atoms with Gasteiger partial charge < -0.3 is 20.3 Å². The van der Waals surface area contributed by atoms with Crippen LogP contribution in [0.15, 0.2) is 48.5 Å². The molecule has 3 aliphatic rings. The Bertz CT molecular complexity index is 1070. The molecule has 39 heavy (non-hydrogen) atoms. The van der Waals surface area contributed by atoms with Crippen molar-refractivity contribution in [3.05, 3.63) is 59.7 Å². The van der Waals surface area contributed by atoms with E-state index in [-0.39, 0.29) is 17.7 Å². The number of carbonyl (C=O) groups is 2. The first-order chi connectivity index (χ1) is 19.2. The molecule has 0 radical (unpaired) electrons. The molecule has 0 bridgehead atoms. The molecule has 8 heteroatoms. The molecule has 2 saturated heterocycles. The fraction of sp³-hybridized carbons (Fsp3) is 0.548. The number of amides is 2. The summed E-state index contributed by atoms with van der Waals surface area (Å²) in [7, 11) is 0. The van der Waals surface area contributed by atoms with E-state index in [1.165, 1.54) is 12.0 Å². The molecule has 2 aromatic carbocycles. The summed E-state index contributed by atoms with van der Waals surface area (Å²) in [6, 6.07) is 16.4. The normalized spacial score (nSPS) is 19.5. The smallest absolute Gasteiger partial charge is 0.253 e. The van der Waals surface area contributed by atoms with Crippen LogP contribution in [0.3, 0.4) is 0 Å². The molecule has 2 N–H and O–H groups in total. The molecular weight excluding hydrogens is 490 g/mol. The van der Waals surface area contributed by atoms with E-state index < -0.39 is 0 Å². The van der Waals surface area contributed by atoms with Gasteiger partial charge in [-0.3, -0.25) is 19.4 Å². The zero-order valence-electron chi connectivity index (χ0n) is 23.1. The minimum atomic E-state index is -0.0845. The first-order valence-corrected chi connectivity index (χ1v) is 14.7. The van der Waals surface area contributed by atoms with Crippen molar-refractivity contribution in [2.24, 2.45) is 5.92 Å². The lowest BCUT2D eigenvalue weighted by Crippen LogP contribution is -2.46. The Morgan fingerprint density at radius 3 is 2.33 bits per heavy atom. The highest BCUT2D eigenvalue weighted by molar-refractivity contribution is 6.02. The summed E-state index contributed by atoms with van der Waals surface area (Å²) in [5, 5.41) is 6.25. The maximum atomic E-state index is 13.5. The number of ether oxygens (including phenoxy) is 1. The van der Waals surface area contributed by atoms with E-state index in [9.17, 15) is 9.59 Å². The number of hydrogen-bond donors (Lipinski definition) is 2. The number of morpholine rings is 1. The Balaban J connectivity index is 1.25. The van der Waals surface area contributed by atoms with Crippen molar-refractivity contribution in [2.75, 3.05) is 75.8 Å². The zero-order chi connectivity index (χ0) is 26.9. The number of nitrogens with zero attached hydrogens (tertiary/aromatic N) is 3. The van der Waals surface area contributed by atoms with Crippen LogP contribution in [-0.4, -0.2) is 87.2 Å². The molecule has 2 heterocycles. The van der Waals surface area contributed by atoms with Gasteiger partial charge >= 0.3 is 0 Å². The summed E-state index contributed by atoms with van der Waals surface area (Å²) in [5.41, 5.74) is 3.60. The highest BCUT2D eigenvalue weighted by atomic mass is 16.5. The lowest BCUT2D eigenvalue weighted by Gasteiger charge is -2.37. The average molecular weight is 534 g/mol. The number of piperazine rings is 1. The van der Waals surface area contributed by atoms with Crippen LogP contribution in [0.2, 0.25) is 0 Å². The van der Waals surface area contributed by atoms with Gasteiger partial charge in [0.1, 0.15) is 0 Å². The third kappa shape index (κ3) is 7.81. The number of nitrogens with one attached hydrogen (secondary N) is 2. The number of carbonyl (C=O) groups excluding carboxylic acids is 2. The van der Waals surface area contributed by atoms with Crippen molar-refractivity contribution < 1.29 is 14.3 Å². The first-order valence-electron chi connectivity index (χ1n) is 14.7. The summed E-state index contributed by atoms with van der Waals surface area (Å²) < 4.78 is 5.44. The number of benzene rings is 2. The quantitative estimate of drug-likeness (QED) is 0.513. The molecular formula is C31H43N5O3. The number of anilines is 2. The minimum Gasteiger partial charge on any atom is -0.379 e. The highest BCUT2D eigenvalue weighted by Gasteiger charge is 2.25. The summed E-state index contributed by atoms with van der Waals surface area (Å²) in [4.78, 5) is 33.5. The fourth-order valence-electron chi connectivity index (χ4n) is 5.92. The number of rotatable bonds is 9. The second-order valence-electron chi connectivity index (χ2n) is 11.0. The van der Waals surface area contributed by atoms with Gasteiger partial charge in [0.05, 0.1) is 18.8 Å². The van der Waals surface area contributed by atoms with Crippen LogP contribution in [-0.2, 0) is 16.1 Å². The van der Waals surface area contributed by atoms with Crippen molar-refractivity contribution in [3.8, 4) is 0 Å². The van der Waals surface area contributed by atoms with Gasteiger partial charge in [-0.25, -0.2) is 0 Å². The third-order valence-electron chi connectivity index (χ3n) is 8.26. The third-order valence-corrected chi connectivity index (χ3v) is 8.26. The van der Waals surface area contributed by atoms with Gasteiger partial charge in [0.25, 0.3) is 5.91 Å². The molecule has 0 atom stereocenters. The van der Waals surface area contributed by atoms with E-state index in [4.69, 9.17) is 4.74 Å². The molecule has 2 aromatic rings. The van der Waals surface area contributed by atoms with Crippen molar-refractivity contribution in [2.45, 2.75) is 38.6 Å². The Kier molecular flexibility index (Phi) is 9.86. The molecule has 0 unspecified atom stereocenters. The topological polar surface area (TPSA) is 77.2 Å². The Morgan fingerprint density at radius 1 is 0.846 bits per heavy atom. The summed E-state index contributed by atoms with van der Waals surface area (Å²) in [5.74, 6) is 0.0660. The molecule has 2 aliphatic heterocycles. The van der Waals surface area contributed by atoms with Crippen LogP contribution >= 0.6 is 0 Å². The minimum absolute atomic E-state index is 0.0712. The molecule has 5 rings (SSSR count). The van der Waals surface area contributed by atoms with E-state index in [1.807, 2.05) is 18.2 Å². The van der Waals surface area contributed by atoms with Crippen LogP contribution in [0, 0.1) is 5.92 Å². The lowest BCUT2D eigenvalue weighted by molar-refractivity contribution is -0.120. The van der Waals surface area contributed by atoms with Crippen LogP contribution in [0.1, 0.15) is 48.0 Å². The van der Waals surface area contributed by atoms with Crippen LogP contribution < -0.4 is 15.5 Å². The predicted octanol–water partition coefficient (Wildman–Crippen LogP) is 3.59. The van der Waals surface area contributed by atoms with Gasteiger partial charge in [-0.05, 0) is 36.6 Å². The molecule has 1 aliphatic carbocycles. The highest BCUT2D eigenvalue weighted by Crippen LogP contribution is 2.28. The molecule has 3 fully saturated rings. The first kappa shape index (κ1) is 27.6. The Hall–Kier alpha value is -2.94. The Labute approximate surface area is 232 Å². The molecule has 0 aromatic heterocycles. The van der Waals surface area contributed by atoms with Crippen molar-refractivity contribution >= 4 is 23.2 Å². The maximum absolute atomic E-state index is 13.5. The molecule has 8 nitrogen and oxygen atoms in total. The monoisotopic (exact) mass is 533 g/mol. The average Bonchev–Trinajstić information content (AvgIpc) is 2.99. The summed E-state index contributed by atoms with van der Waals surface area (Å²) in [6.07, 6.45) is 5.35. The molecule has 1 saturated carbocycles. The van der Waals surface area contributed by atoms with E-state index >= 15 is 0 Å². The van der Waals surface area contributed by atoms with Gasteiger partial charge in [0.2, 0.25) is 5.91 Å². The second-order valence-corrected chi connectivity index (χ2v) is 11.0. The lowest BCUT2D eigenvalue weighted by atomic mass is 9.88. The largest absolute Gasteiger partial charge is 0.379 e. The van der Waals surface area contributed by atoms with Gasteiger partial charge in [0, 0.05) is 76.2 Å². The van der Waals surface area contributed by atoms with Gasteiger partial charge in [-0.2, -0.15) is 0 Å². The van der Waals surface area contributed by atoms with E-state index in [1.54, 1.807) is 0 Å². The van der Waals surface area contributed by atoms with E-state index in [0.29, 0.717) is 17.8 Å². The summed E-state index contributed by atoms with van der Waals surface area (Å²) >= 11 is 0. The molecule has 210 valence electrons. The standard InChI is InChI=1S/C31H43N5O3/c37-30(26-9-5-2-6-10-26)33-27-11-12-29(28(23-27)31(38)32-13-14-34-19-21-39-22-20-34)36-17-15-35(16-18-36)24-25-7-3-1-4-8-25/h1,3-4,7-8,11-12,23,26H,2,5-6,9-10,13-22,24H2,(H,32,38)(H,33,37). The molecule has 0 spiro atoms. The summed E-state index contributed by atoms with van der Waals surface area (Å²) in [6.45, 7) is 9.21. The number of hydrogen-bond acceptors (Lipinski definition) is 6. The van der Waals surface area contributed by atoms with Gasteiger partial charge in [0.15, 0.2) is 0 Å². The van der Waals surface area contributed by atoms with Crippen LogP contribution in [0.4, 0.5) is 11.4 Å². The van der Waals surface area contributed by atoms with Gasteiger partial charge in [-0.15, -0.1) is 0 Å².